The third-order valence-electron chi connectivity index (χ3n) is 5.67. The Hall–Kier alpha value is -2.85. The van der Waals surface area contributed by atoms with Gasteiger partial charge in [0.15, 0.2) is 5.69 Å². The van der Waals surface area contributed by atoms with E-state index in [-0.39, 0.29) is 19.0 Å². The first-order valence-corrected chi connectivity index (χ1v) is 10.3. The molecule has 0 unspecified atom stereocenters. The highest BCUT2D eigenvalue weighted by Gasteiger charge is 2.43. The number of aryl methyl sites for hydroxylation is 1. The monoisotopic (exact) mass is 429 g/mol. The number of hydrogen-bond acceptors (Lipinski definition) is 2. The normalized spacial score (nSPS) is 15.5. The summed E-state index contributed by atoms with van der Waals surface area (Å²) in [6, 6.07) is 12.7. The zero-order valence-corrected chi connectivity index (χ0v) is 17.7. The van der Waals surface area contributed by atoms with Gasteiger partial charge in [-0.2, -0.15) is 13.2 Å². The molecule has 0 N–H and O–H groups in total. The zero-order valence-electron chi connectivity index (χ0n) is 17.7. The molecule has 31 heavy (non-hydrogen) atoms. The van der Waals surface area contributed by atoms with E-state index in [2.05, 4.69) is 9.74 Å². The van der Waals surface area contributed by atoms with Crippen LogP contribution in [0.25, 0.3) is 16.0 Å². The molecule has 0 radical (unpaired) electrons. The molecule has 0 saturated carbocycles. The quantitative estimate of drug-likeness (QED) is 0.592. The van der Waals surface area contributed by atoms with E-state index in [1.54, 1.807) is 24.3 Å². The number of carbonyl (C=O) groups is 1. The van der Waals surface area contributed by atoms with Crippen molar-refractivity contribution in [1.82, 2.24) is 9.80 Å². The van der Waals surface area contributed by atoms with Gasteiger partial charge in [0.05, 0.1) is 6.57 Å². The summed E-state index contributed by atoms with van der Waals surface area (Å²) in [5.74, 6) is -1.73. The molecule has 0 spiro atoms. The predicted molar refractivity (Wildman–Crippen MR) is 115 cm³/mol. The van der Waals surface area contributed by atoms with Crippen molar-refractivity contribution < 1.29 is 18.0 Å². The second-order valence-corrected chi connectivity index (χ2v) is 8.30. The molecule has 4 nitrogen and oxygen atoms in total. The number of hydrogen-bond donors (Lipinski definition) is 0. The number of benzene rings is 2. The van der Waals surface area contributed by atoms with Gasteiger partial charge in [-0.25, -0.2) is 4.85 Å². The van der Waals surface area contributed by atoms with Gasteiger partial charge in [-0.15, -0.1) is 0 Å². The topological polar surface area (TPSA) is 27.9 Å². The van der Waals surface area contributed by atoms with Crippen molar-refractivity contribution in [2.75, 3.05) is 26.7 Å². The van der Waals surface area contributed by atoms with E-state index < -0.39 is 12.1 Å². The van der Waals surface area contributed by atoms with Gasteiger partial charge in [0, 0.05) is 13.1 Å². The fraction of sp³-hybridized carbons (Fsp3) is 0.417. The minimum atomic E-state index is -4.90. The SMILES string of the molecule is [C-]#[N+]c1cccc(-c2cc(C)cc(CN(CC3CCN(C)CC3)C(=O)C(F)(F)F)c2)c1. The summed E-state index contributed by atoms with van der Waals surface area (Å²) in [5, 5.41) is 0. The van der Waals surface area contributed by atoms with Crippen molar-refractivity contribution in [3.05, 3.63) is 65.0 Å². The Kier molecular flexibility index (Phi) is 7.01. The average Bonchev–Trinajstić information content (AvgIpc) is 2.73. The number of halogens is 3. The van der Waals surface area contributed by atoms with Crippen LogP contribution in [-0.2, 0) is 11.3 Å². The number of likely N-dealkylation sites (tertiary alicyclic amines) is 1. The first-order chi connectivity index (χ1) is 14.7. The summed E-state index contributed by atoms with van der Waals surface area (Å²) in [5.41, 5.74) is 3.67. The summed E-state index contributed by atoms with van der Waals surface area (Å²) < 4.78 is 39.9. The molecule has 164 valence electrons. The van der Waals surface area contributed by atoms with E-state index in [0.717, 1.165) is 47.5 Å². The average molecular weight is 429 g/mol. The van der Waals surface area contributed by atoms with Crippen LogP contribution >= 0.6 is 0 Å². The molecular formula is C24H26F3N3O. The predicted octanol–water partition coefficient (Wildman–Crippen LogP) is 5.45. The summed E-state index contributed by atoms with van der Waals surface area (Å²) in [7, 11) is 1.99. The van der Waals surface area contributed by atoms with E-state index in [9.17, 15) is 18.0 Å². The molecule has 1 saturated heterocycles. The molecule has 0 atom stereocenters. The lowest BCUT2D eigenvalue weighted by atomic mass is 9.95. The Morgan fingerprint density at radius 2 is 1.87 bits per heavy atom. The first kappa shape index (κ1) is 22.8. The smallest absolute Gasteiger partial charge is 0.330 e. The second-order valence-electron chi connectivity index (χ2n) is 8.30. The number of piperidine rings is 1. The van der Waals surface area contributed by atoms with E-state index in [0.29, 0.717) is 11.3 Å². The zero-order chi connectivity index (χ0) is 22.6. The lowest BCUT2D eigenvalue weighted by Crippen LogP contribution is -2.44. The molecule has 1 aliphatic rings. The van der Waals surface area contributed by atoms with E-state index in [1.807, 2.05) is 32.2 Å². The van der Waals surface area contributed by atoms with Crippen molar-refractivity contribution in [3.8, 4) is 11.1 Å². The van der Waals surface area contributed by atoms with Crippen molar-refractivity contribution >= 4 is 11.6 Å². The number of nitrogens with zero attached hydrogens (tertiary/aromatic N) is 3. The highest BCUT2D eigenvalue weighted by Crippen LogP contribution is 2.28. The third kappa shape index (κ3) is 6.08. The minimum absolute atomic E-state index is 0.0575. The van der Waals surface area contributed by atoms with E-state index in [1.165, 1.54) is 0 Å². The highest BCUT2D eigenvalue weighted by atomic mass is 19.4. The van der Waals surface area contributed by atoms with Crippen LogP contribution in [0.2, 0.25) is 0 Å². The number of amides is 1. The summed E-state index contributed by atoms with van der Waals surface area (Å²) in [4.78, 5) is 18.7. The van der Waals surface area contributed by atoms with Crippen LogP contribution in [0.4, 0.5) is 18.9 Å². The lowest BCUT2D eigenvalue weighted by Gasteiger charge is -2.33. The van der Waals surface area contributed by atoms with Crippen LogP contribution in [-0.4, -0.2) is 48.6 Å². The fourth-order valence-corrected chi connectivity index (χ4v) is 4.05. The summed E-state index contributed by atoms with van der Waals surface area (Å²) in [6.45, 7) is 10.7. The van der Waals surface area contributed by atoms with Gasteiger partial charge in [-0.05, 0) is 74.6 Å². The van der Waals surface area contributed by atoms with Gasteiger partial charge in [-0.1, -0.05) is 35.9 Å². The van der Waals surface area contributed by atoms with Crippen molar-refractivity contribution in [2.24, 2.45) is 5.92 Å². The van der Waals surface area contributed by atoms with Gasteiger partial charge in [-0.3, -0.25) is 4.79 Å². The third-order valence-corrected chi connectivity index (χ3v) is 5.67. The molecule has 0 bridgehead atoms. The lowest BCUT2D eigenvalue weighted by molar-refractivity contribution is -0.187. The minimum Gasteiger partial charge on any atom is -0.330 e. The van der Waals surface area contributed by atoms with E-state index >= 15 is 0 Å². The molecule has 2 aromatic rings. The Labute approximate surface area is 181 Å². The maximum atomic E-state index is 13.3. The maximum Gasteiger partial charge on any atom is 0.471 e. The molecular weight excluding hydrogens is 403 g/mol. The van der Waals surface area contributed by atoms with Crippen LogP contribution in [0.15, 0.2) is 42.5 Å². The van der Waals surface area contributed by atoms with Crippen molar-refractivity contribution in [1.29, 1.82) is 0 Å². The molecule has 3 rings (SSSR count). The van der Waals surface area contributed by atoms with Gasteiger partial charge in [0.25, 0.3) is 0 Å². The number of carbonyl (C=O) groups excluding carboxylic acids is 1. The Balaban J connectivity index is 1.87. The largest absolute Gasteiger partial charge is 0.471 e. The van der Waals surface area contributed by atoms with Crippen LogP contribution in [0.3, 0.4) is 0 Å². The Bertz CT molecular complexity index is 973. The first-order valence-electron chi connectivity index (χ1n) is 10.3. The second kappa shape index (κ2) is 9.52. The summed E-state index contributed by atoms with van der Waals surface area (Å²) >= 11 is 0. The van der Waals surface area contributed by atoms with E-state index in [4.69, 9.17) is 6.57 Å². The van der Waals surface area contributed by atoms with Crippen molar-refractivity contribution in [2.45, 2.75) is 32.5 Å². The molecule has 2 aromatic carbocycles. The molecule has 1 amide bonds. The van der Waals surface area contributed by atoms with Crippen LogP contribution in [0, 0.1) is 19.4 Å². The fourth-order valence-electron chi connectivity index (χ4n) is 4.05. The van der Waals surface area contributed by atoms with Crippen LogP contribution in [0.5, 0.6) is 0 Å². The maximum absolute atomic E-state index is 13.3. The molecule has 7 heteroatoms. The number of rotatable bonds is 5. The molecule has 1 fully saturated rings. The van der Waals surface area contributed by atoms with Gasteiger partial charge >= 0.3 is 12.1 Å². The molecule has 1 aliphatic heterocycles. The molecule has 0 aromatic heterocycles. The number of alkyl halides is 3. The van der Waals surface area contributed by atoms with Gasteiger partial charge < -0.3 is 9.80 Å². The van der Waals surface area contributed by atoms with Crippen LogP contribution in [0.1, 0.15) is 24.0 Å². The summed E-state index contributed by atoms with van der Waals surface area (Å²) in [6.07, 6.45) is -3.34. The molecule has 0 aliphatic carbocycles. The Morgan fingerprint density at radius 1 is 1.16 bits per heavy atom. The van der Waals surface area contributed by atoms with Gasteiger partial charge in [0.2, 0.25) is 0 Å². The van der Waals surface area contributed by atoms with Crippen molar-refractivity contribution in [3.63, 3.8) is 0 Å². The van der Waals surface area contributed by atoms with Crippen LogP contribution < -0.4 is 0 Å². The molecule has 1 heterocycles. The van der Waals surface area contributed by atoms with Gasteiger partial charge in [0.1, 0.15) is 0 Å². The standard InChI is InChI=1S/C24H26F3N3O/c1-17-11-19(13-21(12-17)20-5-4-6-22(14-20)28-2)16-30(23(31)24(25,26)27)15-18-7-9-29(3)10-8-18/h4-6,11-14,18H,7-10,15-16H2,1,3H3. The highest BCUT2D eigenvalue weighted by molar-refractivity contribution is 5.82. The Morgan fingerprint density at radius 3 is 2.52 bits per heavy atom.